The van der Waals surface area contributed by atoms with Crippen LogP contribution in [0.5, 0.6) is 0 Å². The van der Waals surface area contributed by atoms with Gasteiger partial charge in [-0.2, -0.15) is 0 Å². The zero-order valence-electron chi connectivity index (χ0n) is 13.7. The minimum atomic E-state index is -0.681. The number of nitrogens with zero attached hydrogens (tertiary/aromatic N) is 2. The third-order valence-electron chi connectivity index (χ3n) is 4.00. The van der Waals surface area contributed by atoms with Crippen LogP contribution >= 0.6 is 0 Å². The number of carbonyl (C=O) groups excluding carboxylic acids is 1. The Morgan fingerprint density at radius 2 is 2.17 bits per heavy atom. The third-order valence-corrected chi connectivity index (χ3v) is 4.00. The van der Waals surface area contributed by atoms with Crippen LogP contribution in [0.25, 0.3) is 6.08 Å². The number of nitro benzene ring substituents is 1. The van der Waals surface area contributed by atoms with Crippen LogP contribution in [0.3, 0.4) is 0 Å². The summed E-state index contributed by atoms with van der Waals surface area (Å²) in [6, 6.07) is 3.26. The Hall–Kier alpha value is -2.28. The van der Waals surface area contributed by atoms with Crippen LogP contribution in [0.15, 0.2) is 24.3 Å². The molecule has 1 aromatic carbocycles. The first-order chi connectivity index (χ1) is 11.5. The van der Waals surface area contributed by atoms with Crippen molar-refractivity contribution in [3.8, 4) is 0 Å². The summed E-state index contributed by atoms with van der Waals surface area (Å²) in [4.78, 5) is 24.5. The van der Waals surface area contributed by atoms with Crippen LogP contribution in [0, 0.1) is 21.8 Å². The van der Waals surface area contributed by atoms with Crippen LogP contribution in [-0.2, 0) is 4.79 Å². The summed E-state index contributed by atoms with van der Waals surface area (Å²) in [7, 11) is 0. The number of benzene rings is 1. The van der Waals surface area contributed by atoms with Gasteiger partial charge in [0.2, 0.25) is 5.91 Å². The van der Waals surface area contributed by atoms with E-state index in [0.29, 0.717) is 12.5 Å². The molecule has 1 saturated heterocycles. The van der Waals surface area contributed by atoms with Gasteiger partial charge >= 0.3 is 0 Å². The third kappa shape index (κ3) is 5.42. The molecule has 0 spiro atoms. The summed E-state index contributed by atoms with van der Waals surface area (Å²) in [5, 5.41) is 13.7. The summed E-state index contributed by atoms with van der Waals surface area (Å²) >= 11 is 0. The van der Waals surface area contributed by atoms with E-state index in [-0.39, 0.29) is 17.2 Å². The fourth-order valence-corrected chi connectivity index (χ4v) is 2.79. The molecule has 0 bridgehead atoms. The minimum absolute atomic E-state index is 0.196. The second-order valence-corrected chi connectivity index (χ2v) is 6.15. The zero-order chi connectivity index (χ0) is 17.5. The molecule has 1 amide bonds. The van der Waals surface area contributed by atoms with E-state index in [4.69, 9.17) is 0 Å². The van der Waals surface area contributed by atoms with Crippen molar-refractivity contribution >= 4 is 17.7 Å². The lowest BCUT2D eigenvalue weighted by molar-refractivity contribution is -0.385. The van der Waals surface area contributed by atoms with Gasteiger partial charge in [-0.1, -0.05) is 6.92 Å². The van der Waals surface area contributed by atoms with Gasteiger partial charge in [-0.3, -0.25) is 14.9 Å². The number of halogens is 1. The number of nitrogens with one attached hydrogen (secondary N) is 1. The highest BCUT2D eigenvalue weighted by Crippen LogP contribution is 2.21. The molecule has 2 rings (SSSR count). The monoisotopic (exact) mass is 335 g/mol. The van der Waals surface area contributed by atoms with Crippen molar-refractivity contribution in [1.82, 2.24) is 10.2 Å². The molecule has 1 aliphatic rings. The van der Waals surface area contributed by atoms with Gasteiger partial charge in [-0.15, -0.1) is 0 Å². The molecule has 0 saturated carbocycles. The average molecular weight is 335 g/mol. The van der Waals surface area contributed by atoms with Crippen LogP contribution in [0.2, 0.25) is 0 Å². The van der Waals surface area contributed by atoms with Crippen LogP contribution in [0.4, 0.5) is 10.1 Å². The summed E-state index contributed by atoms with van der Waals surface area (Å²) in [6.07, 6.45) is 5.04. The number of hydrogen-bond donors (Lipinski definition) is 1. The quantitative estimate of drug-likeness (QED) is 0.472. The topological polar surface area (TPSA) is 75.5 Å². The van der Waals surface area contributed by atoms with E-state index in [1.165, 1.54) is 31.1 Å². The molecule has 24 heavy (non-hydrogen) atoms. The Bertz CT molecular complexity index is 628. The molecule has 6 nitrogen and oxygen atoms in total. The Balaban J connectivity index is 1.85. The molecule has 0 radical (unpaired) electrons. The van der Waals surface area contributed by atoms with E-state index >= 15 is 0 Å². The van der Waals surface area contributed by atoms with Crippen molar-refractivity contribution in [2.45, 2.75) is 19.8 Å². The lowest BCUT2D eigenvalue weighted by atomic mass is 10.1. The maximum Gasteiger partial charge on any atom is 0.279 e. The van der Waals surface area contributed by atoms with Gasteiger partial charge in [0, 0.05) is 19.2 Å². The number of nitro groups is 1. The molecule has 1 unspecified atom stereocenters. The first-order valence-corrected chi connectivity index (χ1v) is 8.08. The van der Waals surface area contributed by atoms with Gasteiger partial charge in [0.05, 0.1) is 16.6 Å². The molecule has 1 aromatic rings. The number of carbonyl (C=O) groups is 1. The fraction of sp³-hybridized carbons (Fsp3) is 0.471. The van der Waals surface area contributed by atoms with Crippen LogP contribution in [-0.4, -0.2) is 41.9 Å². The number of amides is 1. The smallest absolute Gasteiger partial charge is 0.279 e. The summed E-state index contributed by atoms with van der Waals surface area (Å²) in [5.74, 6) is -0.665. The summed E-state index contributed by atoms with van der Waals surface area (Å²) in [5.41, 5.74) is -0.164. The Labute approximate surface area is 140 Å². The van der Waals surface area contributed by atoms with Crippen molar-refractivity contribution in [2.24, 2.45) is 5.92 Å². The molecule has 1 atom stereocenters. The second kappa shape index (κ2) is 8.54. The lowest BCUT2D eigenvalue weighted by Gasteiger charge is -2.20. The van der Waals surface area contributed by atoms with Crippen molar-refractivity contribution in [3.05, 3.63) is 45.8 Å². The van der Waals surface area contributed by atoms with Crippen molar-refractivity contribution in [2.75, 3.05) is 26.2 Å². The van der Waals surface area contributed by atoms with Gasteiger partial charge in [0.1, 0.15) is 5.82 Å². The largest absolute Gasteiger partial charge is 0.352 e. The molecular weight excluding hydrogens is 313 g/mol. The molecule has 7 heteroatoms. The van der Waals surface area contributed by atoms with E-state index in [0.717, 1.165) is 31.8 Å². The molecule has 0 aliphatic carbocycles. The highest BCUT2D eigenvalue weighted by atomic mass is 19.1. The summed E-state index contributed by atoms with van der Waals surface area (Å²) < 4.78 is 13.1. The maximum absolute atomic E-state index is 13.1. The van der Waals surface area contributed by atoms with Crippen LogP contribution < -0.4 is 5.32 Å². The molecule has 130 valence electrons. The predicted molar refractivity (Wildman–Crippen MR) is 89.9 cm³/mol. The SMILES string of the molecule is CC(CNC(=O)C=Cc1ccc(F)cc1[N+](=O)[O-])CN1CCCC1. The highest BCUT2D eigenvalue weighted by molar-refractivity contribution is 5.92. The van der Waals surface area contributed by atoms with Crippen molar-refractivity contribution in [1.29, 1.82) is 0 Å². The fourth-order valence-electron chi connectivity index (χ4n) is 2.79. The molecule has 1 heterocycles. The van der Waals surface area contributed by atoms with Gasteiger partial charge in [-0.05, 0) is 50.1 Å². The zero-order valence-corrected chi connectivity index (χ0v) is 13.7. The van der Waals surface area contributed by atoms with E-state index < -0.39 is 10.7 Å². The standard InChI is InChI=1S/C17H22FN3O3/c1-13(12-20-8-2-3-9-20)11-19-17(22)7-5-14-4-6-15(18)10-16(14)21(23)24/h4-7,10,13H,2-3,8-9,11-12H2,1H3,(H,19,22). The minimum Gasteiger partial charge on any atom is -0.352 e. The highest BCUT2D eigenvalue weighted by Gasteiger charge is 2.15. The Morgan fingerprint density at radius 1 is 1.46 bits per heavy atom. The Kier molecular flexibility index (Phi) is 6.43. The van der Waals surface area contributed by atoms with Crippen molar-refractivity contribution in [3.63, 3.8) is 0 Å². The normalized spacial score (nSPS) is 16.4. The van der Waals surface area contributed by atoms with E-state index in [9.17, 15) is 19.3 Å². The first kappa shape index (κ1) is 18.1. The molecule has 1 N–H and O–H groups in total. The first-order valence-electron chi connectivity index (χ1n) is 8.08. The van der Waals surface area contributed by atoms with E-state index in [2.05, 4.69) is 17.1 Å². The van der Waals surface area contributed by atoms with Gasteiger partial charge in [0.15, 0.2) is 0 Å². The Morgan fingerprint density at radius 3 is 2.83 bits per heavy atom. The number of hydrogen-bond acceptors (Lipinski definition) is 4. The number of likely N-dealkylation sites (tertiary alicyclic amines) is 1. The maximum atomic E-state index is 13.1. The molecule has 0 aromatic heterocycles. The van der Waals surface area contributed by atoms with E-state index in [1.807, 2.05) is 0 Å². The predicted octanol–water partition coefficient (Wildman–Crippen LogP) is 2.60. The van der Waals surface area contributed by atoms with Gasteiger partial charge in [0.25, 0.3) is 5.69 Å². The lowest BCUT2D eigenvalue weighted by Crippen LogP contribution is -2.33. The van der Waals surface area contributed by atoms with Crippen molar-refractivity contribution < 1.29 is 14.1 Å². The second-order valence-electron chi connectivity index (χ2n) is 6.15. The molecule has 1 fully saturated rings. The molecule has 1 aliphatic heterocycles. The average Bonchev–Trinajstić information content (AvgIpc) is 3.04. The van der Waals surface area contributed by atoms with Gasteiger partial charge in [-0.25, -0.2) is 4.39 Å². The van der Waals surface area contributed by atoms with E-state index in [1.54, 1.807) is 0 Å². The van der Waals surface area contributed by atoms with Crippen LogP contribution in [0.1, 0.15) is 25.3 Å². The number of rotatable bonds is 7. The molecular formula is C17H22FN3O3. The van der Waals surface area contributed by atoms with Gasteiger partial charge < -0.3 is 10.2 Å². The summed E-state index contributed by atoms with van der Waals surface area (Å²) in [6.45, 7) is 5.81.